The quantitative estimate of drug-likeness (QED) is 0.491. The summed E-state index contributed by atoms with van der Waals surface area (Å²) in [6, 6.07) is 3.07. The number of carbonyl (C=O) groups excluding carboxylic acids is 1. The molecule has 0 saturated carbocycles. The summed E-state index contributed by atoms with van der Waals surface area (Å²) in [6.07, 6.45) is -4.85. The van der Waals surface area contributed by atoms with Crippen molar-refractivity contribution < 1.29 is 22.9 Å². The number of benzene rings is 1. The van der Waals surface area contributed by atoms with Crippen molar-refractivity contribution >= 4 is 17.3 Å². The molecule has 0 fully saturated rings. The Morgan fingerprint density at radius 1 is 1.50 bits per heavy atom. The zero-order valence-electron chi connectivity index (χ0n) is 11.3. The Bertz CT molecular complexity index is 625. The van der Waals surface area contributed by atoms with Gasteiger partial charge >= 0.3 is 6.18 Å². The molecule has 0 aliphatic rings. The zero-order valence-corrected chi connectivity index (χ0v) is 11.3. The van der Waals surface area contributed by atoms with Crippen LogP contribution in [0.15, 0.2) is 18.2 Å². The van der Waals surface area contributed by atoms with E-state index in [1.807, 2.05) is 0 Å². The summed E-state index contributed by atoms with van der Waals surface area (Å²) in [5, 5.41) is 23.8. The van der Waals surface area contributed by atoms with Crippen LogP contribution >= 0.6 is 0 Å². The van der Waals surface area contributed by atoms with Gasteiger partial charge in [-0.05, 0) is 19.1 Å². The Morgan fingerprint density at radius 2 is 2.14 bits per heavy atom. The topological polar surface area (TPSA) is 108 Å². The number of nitriles is 1. The third-order valence-corrected chi connectivity index (χ3v) is 2.62. The Kier molecular flexibility index (Phi) is 5.28. The smallest absolute Gasteiger partial charge is 0.374 e. The van der Waals surface area contributed by atoms with E-state index >= 15 is 0 Å². The van der Waals surface area contributed by atoms with Gasteiger partial charge in [0.25, 0.3) is 5.69 Å². The van der Waals surface area contributed by atoms with Crippen molar-refractivity contribution in [3.05, 3.63) is 33.9 Å². The van der Waals surface area contributed by atoms with Crippen molar-refractivity contribution in [2.75, 3.05) is 11.9 Å². The van der Waals surface area contributed by atoms with Gasteiger partial charge in [-0.3, -0.25) is 14.9 Å². The van der Waals surface area contributed by atoms with E-state index in [1.165, 1.54) is 6.92 Å². The highest BCUT2D eigenvalue weighted by atomic mass is 19.4. The maximum absolute atomic E-state index is 12.7. The number of amides is 1. The molecule has 0 aromatic heterocycles. The van der Waals surface area contributed by atoms with Gasteiger partial charge in [0.15, 0.2) is 0 Å². The molecule has 1 aromatic rings. The molecular formula is C12H11F3N4O3. The largest absolute Gasteiger partial charge is 0.423 e. The molecule has 1 atom stereocenters. The number of rotatable bonds is 5. The predicted octanol–water partition coefficient (Wildman–Crippen LogP) is 2.05. The lowest BCUT2D eigenvalue weighted by molar-refractivity contribution is -0.388. The fourth-order valence-corrected chi connectivity index (χ4v) is 1.61. The molecule has 22 heavy (non-hydrogen) atoms. The van der Waals surface area contributed by atoms with E-state index in [0.717, 1.165) is 6.07 Å². The lowest BCUT2D eigenvalue weighted by Crippen LogP contribution is -2.37. The monoisotopic (exact) mass is 316 g/mol. The first kappa shape index (κ1) is 17.2. The highest BCUT2D eigenvalue weighted by Crippen LogP contribution is 2.37. The highest BCUT2D eigenvalue weighted by molar-refractivity contribution is 5.84. The van der Waals surface area contributed by atoms with Crippen LogP contribution in [0.25, 0.3) is 0 Å². The zero-order chi connectivity index (χ0) is 16.9. The minimum atomic E-state index is -4.85. The average molecular weight is 316 g/mol. The van der Waals surface area contributed by atoms with Gasteiger partial charge in [0, 0.05) is 11.8 Å². The maximum Gasteiger partial charge on any atom is 0.423 e. The average Bonchev–Trinajstić information content (AvgIpc) is 2.43. The summed E-state index contributed by atoms with van der Waals surface area (Å²) in [5.74, 6) is -0.566. The molecule has 0 heterocycles. The summed E-state index contributed by atoms with van der Waals surface area (Å²) < 4.78 is 38.0. The van der Waals surface area contributed by atoms with Crippen molar-refractivity contribution in [1.29, 1.82) is 5.26 Å². The maximum atomic E-state index is 12.7. The first-order valence-electron chi connectivity index (χ1n) is 5.93. The van der Waals surface area contributed by atoms with Crippen LogP contribution in [-0.2, 0) is 11.0 Å². The van der Waals surface area contributed by atoms with Gasteiger partial charge in [-0.2, -0.15) is 18.4 Å². The van der Waals surface area contributed by atoms with Crippen molar-refractivity contribution in [2.24, 2.45) is 0 Å². The number of nitrogens with zero attached hydrogens (tertiary/aromatic N) is 2. The summed E-state index contributed by atoms with van der Waals surface area (Å²) >= 11 is 0. The number of carbonyl (C=O) groups is 1. The molecule has 0 saturated heterocycles. The van der Waals surface area contributed by atoms with Crippen LogP contribution in [0.2, 0.25) is 0 Å². The number of hydrogen-bond acceptors (Lipinski definition) is 5. The number of nitro groups is 1. The lowest BCUT2D eigenvalue weighted by Gasteiger charge is -2.15. The van der Waals surface area contributed by atoms with Crippen molar-refractivity contribution in [1.82, 2.24) is 5.32 Å². The number of anilines is 1. The molecule has 0 radical (unpaired) electrons. The van der Waals surface area contributed by atoms with Crippen LogP contribution in [0.4, 0.5) is 24.5 Å². The molecular weight excluding hydrogens is 305 g/mol. The molecule has 1 rings (SSSR count). The Labute approximate surface area is 122 Å². The molecule has 10 heteroatoms. The van der Waals surface area contributed by atoms with E-state index in [9.17, 15) is 28.1 Å². The van der Waals surface area contributed by atoms with Crippen LogP contribution in [0.1, 0.15) is 12.5 Å². The second-order valence-electron chi connectivity index (χ2n) is 4.23. The van der Waals surface area contributed by atoms with E-state index < -0.39 is 34.3 Å². The first-order chi connectivity index (χ1) is 10.2. The molecule has 0 aliphatic heterocycles. The van der Waals surface area contributed by atoms with Crippen LogP contribution in [0.3, 0.4) is 0 Å². The SMILES string of the molecule is CC(Nc1ccc(C(F)(F)F)c([N+](=O)[O-])c1)C(=O)NCC#N. The lowest BCUT2D eigenvalue weighted by atomic mass is 10.1. The number of nitro benzene ring substituents is 1. The minimum absolute atomic E-state index is 0.0145. The first-order valence-corrected chi connectivity index (χ1v) is 5.93. The van der Waals surface area contributed by atoms with Gasteiger partial charge in [0.05, 0.1) is 11.0 Å². The number of hydrogen-bond donors (Lipinski definition) is 2. The Morgan fingerprint density at radius 3 is 2.64 bits per heavy atom. The van der Waals surface area contributed by atoms with E-state index in [-0.39, 0.29) is 12.2 Å². The van der Waals surface area contributed by atoms with Gasteiger partial charge in [0.1, 0.15) is 18.2 Å². The molecule has 1 aromatic carbocycles. The molecule has 0 bridgehead atoms. The molecule has 0 spiro atoms. The van der Waals surface area contributed by atoms with Gasteiger partial charge < -0.3 is 10.6 Å². The van der Waals surface area contributed by atoms with Crippen LogP contribution in [0, 0.1) is 21.4 Å². The van der Waals surface area contributed by atoms with Crippen LogP contribution in [0.5, 0.6) is 0 Å². The second kappa shape index (κ2) is 6.75. The van der Waals surface area contributed by atoms with E-state index in [4.69, 9.17) is 5.26 Å². The molecule has 7 nitrogen and oxygen atoms in total. The van der Waals surface area contributed by atoms with Gasteiger partial charge in [-0.1, -0.05) is 0 Å². The van der Waals surface area contributed by atoms with Crippen LogP contribution < -0.4 is 10.6 Å². The third-order valence-electron chi connectivity index (χ3n) is 2.62. The minimum Gasteiger partial charge on any atom is -0.374 e. The number of alkyl halides is 3. The van der Waals surface area contributed by atoms with Gasteiger partial charge in [-0.15, -0.1) is 0 Å². The standard InChI is InChI=1S/C12H11F3N4O3/c1-7(11(20)17-5-4-16)18-8-2-3-9(12(13,14)15)10(6-8)19(21)22/h2-3,6-7,18H,5H2,1H3,(H,17,20). The fourth-order valence-electron chi connectivity index (χ4n) is 1.61. The summed E-state index contributed by atoms with van der Waals surface area (Å²) in [7, 11) is 0. The van der Waals surface area contributed by atoms with Crippen molar-refractivity contribution in [3.8, 4) is 6.07 Å². The fraction of sp³-hybridized carbons (Fsp3) is 0.333. The molecule has 1 amide bonds. The summed E-state index contributed by atoms with van der Waals surface area (Å²) in [4.78, 5) is 21.1. The van der Waals surface area contributed by atoms with Gasteiger partial charge in [-0.25, -0.2) is 0 Å². The van der Waals surface area contributed by atoms with Crippen molar-refractivity contribution in [3.63, 3.8) is 0 Å². The second-order valence-corrected chi connectivity index (χ2v) is 4.23. The number of halogens is 3. The molecule has 1 unspecified atom stereocenters. The predicted molar refractivity (Wildman–Crippen MR) is 69.8 cm³/mol. The van der Waals surface area contributed by atoms with Crippen LogP contribution in [-0.4, -0.2) is 23.4 Å². The Balaban J connectivity index is 2.99. The molecule has 0 aliphatic carbocycles. The highest BCUT2D eigenvalue weighted by Gasteiger charge is 2.38. The summed E-state index contributed by atoms with van der Waals surface area (Å²) in [5.41, 5.74) is -2.49. The van der Waals surface area contributed by atoms with Crippen molar-refractivity contribution in [2.45, 2.75) is 19.1 Å². The van der Waals surface area contributed by atoms with E-state index in [0.29, 0.717) is 12.1 Å². The normalized spacial score (nSPS) is 12.1. The van der Waals surface area contributed by atoms with E-state index in [2.05, 4.69) is 10.6 Å². The third kappa shape index (κ3) is 4.34. The molecule has 2 N–H and O–H groups in total. The summed E-state index contributed by atoms with van der Waals surface area (Å²) in [6.45, 7) is 1.17. The van der Waals surface area contributed by atoms with E-state index in [1.54, 1.807) is 6.07 Å². The number of nitrogens with one attached hydrogen (secondary N) is 2. The van der Waals surface area contributed by atoms with Gasteiger partial charge in [0.2, 0.25) is 5.91 Å². The molecule has 118 valence electrons. The Hall–Kier alpha value is -2.83.